The number of esters is 1. The molecule has 0 bridgehead atoms. The van der Waals surface area contributed by atoms with E-state index in [1.165, 1.54) is 7.11 Å². The zero-order valence-corrected chi connectivity index (χ0v) is 12.3. The van der Waals surface area contributed by atoms with Crippen LogP contribution in [0, 0.1) is 11.3 Å². The molecule has 5 nitrogen and oxygen atoms in total. The summed E-state index contributed by atoms with van der Waals surface area (Å²) >= 11 is 0. The third-order valence-electron chi connectivity index (χ3n) is 3.05. The van der Waals surface area contributed by atoms with Gasteiger partial charge in [-0.3, -0.25) is 5.43 Å². The molecule has 0 saturated carbocycles. The Morgan fingerprint density at radius 1 is 1.18 bits per heavy atom. The van der Waals surface area contributed by atoms with Crippen LogP contribution in [-0.2, 0) is 4.74 Å². The fourth-order valence-corrected chi connectivity index (χ4v) is 1.86. The average Bonchev–Trinajstić information content (AvgIpc) is 2.59. The Morgan fingerprint density at radius 3 is 2.64 bits per heavy atom. The number of hydrogen-bond acceptors (Lipinski definition) is 5. The van der Waals surface area contributed by atoms with Crippen molar-refractivity contribution in [2.75, 3.05) is 12.5 Å². The van der Waals surface area contributed by atoms with Gasteiger partial charge in [0.05, 0.1) is 35.7 Å². The second-order valence-corrected chi connectivity index (χ2v) is 4.57. The SMILES string of the molecule is COC(=O)c1cccc(N/N=C(/C)c2cccc(C#N)c2)c1. The van der Waals surface area contributed by atoms with Crippen LogP contribution >= 0.6 is 0 Å². The van der Waals surface area contributed by atoms with E-state index < -0.39 is 5.97 Å². The van der Waals surface area contributed by atoms with E-state index in [1.54, 1.807) is 36.4 Å². The number of rotatable bonds is 4. The molecule has 0 aliphatic rings. The molecule has 0 radical (unpaired) electrons. The van der Waals surface area contributed by atoms with Gasteiger partial charge in [0.2, 0.25) is 0 Å². The Hall–Kier alpha value is -3.13. The molecule has 0 heterocycles. The van der Waals surface area contributed by atoms with Crippen LogP contribution in [0.1, 0.15) is 28.4 Å². The van der Waals surface area contributed by atoms with Gasteiger partial charge >= 0.3 is 5.97 Å². The van der Waals surface area contributed by atoms with E-state index in [0.717, 1.165) is 11.3 Å². The van der Waals surface area contributed by atoms with Crippen LogP contribution in [0.5, 0.6) is 0 Å². The average molecular weight is 293 g/mol. The molecule has 2 aromatic carbocycles. The summed E-state index contributed by atoms with van der Waals surface area (Å²) in [6.07, 6.45) is 0. The van der Waals surface area contributed by atoms with Crippen LogP contribution in [0.3, 0.4) is 0 Å². The molecule has 0 fully saturated rings. The molecule has 22 heavy (non-hydrogen) atoms. The fraction of sp³-hybridized carbons (Fsp3) is 0.118. The highest BCUT2D eigenvalue weighted by Crippen LogP contribution is 2.12. The number of anilines is 1. The van der Waals surface area contributed by atoms with Gasteiger partial charge in [-0.1, -0.05) is 18.2 Å². The number of hydrogen-bond donors (Lipinski definition) is 1. The lowest BCUT2D eigenvalue weighted by molar-refractivity contribution is 0.0601. The molecule has 0 aliphatic heterocycles. The van der Waals surface area contributed by atoms with E-state index in [9.17, 15) is 4.79 Å². The predicted molar refractivity (Wildman–Crippen MR) is 84.8 cm³/mol. The molecule has 0 atom stereocenters. The van der Waals surface area contributed by atoms with Gasteiger partial charge in [-0.05, 0) is 42.8 Å². The quantitative estimate of drug-likeness (QED) is 0.533. The first kappa shape index (κ1) is 15.3. The van der Waals surface area contributed by atoms with Gasteiger partial charge in [0, 0.05) is 0 Å². The molecule has 0 spiro atoms. The Balaban J connectivity index is 2.17. The number of carbonyl (C=O) groups excluding carboxylic acids is 1. The first-order valence-electron chi connectivity index (χ1n) is 6.63. The number of methoxy groups -OCH3 is 1. The summed E-state index contributed by atoms with van der Waals surface area (Å²) in [5.41, 5.74) is 6.20. The van der Waals surface area contributed by atoms with E-state index in [-0.39, 0.29) is 0 Å². The van der Waals surface area contributed by atoms with Gasteiger partial charge in [-0.15, -0.1) is 0 Å². The largest absolute Gasteiger partial charge is 0.465 e. The number of nitrogens with zero attached hydrogens (tertiary/aromatic N) is 2. The normalized spacial score (nSPS) is 10.7. The lowest BCUT2D eigenvalue weighted by Gasteiger charge is -2.05. The fourth-order valence-electron chi connectivity index (χ4n) is 1.86. The lowest BCUT2D eigenvalue weighted by Crippen LogP contribution is -2.03. The number of nitriles is 1. The van der Waals surface area contributed by atoms with Gasteiger partial charge in [0.25, 0.3) is 0 Å². The van der Waals surface area contributed by atoms with Crippen molar-refractivity contribution in [2.24, 2.45) is 5.10 Å². The third kappa shape index (κ3) is 3.70. The van der Waals surface area contributed by atoms with Crippen LogP contribution in [0.25, 0.3) is 0 Å². The minimum Gasteiger partial charge on any atom is -0.465 e. The summed E-state index contributed by atoms with van der Waals surface area (Å²) in [5, 5.41) is 13.2. The number of ether oxygens (including phenoxy) is 1. The van der Waals surface area contributed by atoms with E-state index in [1.807, 2.05) is 19.1 Å². The maximum absolute atomic E-state index is 11.5. The molecule has 0 unspecified atom stereocenters. The van der Waals surface area contributed by atoms with Crippen LogP contribution in [0.4, 0.5) is 5.69 Å². The Kier molecular flexibility index (Phi) is 4.89. The molecule has 0 amide bonds. The summed E-state index contributed by atoms with van der Waals surface area (Å²) in [5.74, 6) is -0.397. The minimum atomic E-state index is -0.397. The lowest BCUT2D eigenvalue weighted by atomic mass is 10.1. The number of carbonyl (C=O) groups is 1. The Labute approximate surface area is 128 Å². The molecular formula is C17H15N3O2. The van der Waals surface area contributed by atoms with Gasteiger partial charge in [-0.2, -0.15) is 10.4 Å². The van der Waals surface area contributed by atoms with Crippen LogP contribution in [0.15, 0.2) is 53.6 Å². The monoisotopic (exact) mass is 293 g/mol. The first-order valence-corrected chi connectivity index (χ1v) is 6.63. The molecule has 110 valence electrons. The first-order chi connectivity index (χ1) is 10.6. The predicted octanol–water partition coefficient (Wildman–Crippen LogP) is 3.18. The molecule has 2 rings (SSSR count). The molecule has 5 heteroatoms. The molecular weight excluding hydrogens is 278 g/mol. The standard InChI is InChI=1S/C17H15N3O2/c1-12(14-6-3-5-13(9-14)11-18)19-20-16-8-4-7-15(10-16)17(21)22-2/h3-10,20H,1-2H3/b19-12-. The molecule has 2 aromatic rings. The van der Waals surface area contributed by atoms with Crippen molar-refractivity contribution in [3.63, 3.8) is 0 Å². The highest BCUT2D eigenvalue weighted by molar-refractivity contribution is 5.99. The number of nitrogens with one attached hydrogen (secondary N) is 1. The van der Waals surface area contributed by atoms with Gasteiger partial charge in [-0.25, -0.2) is 4.79 Å². The van der Waals surface area contributed by atoms with Crippen molar-refractivity contribution in [2.45, 2.75) is 6.92 Å². The van der Waals surface area contributed by atoms with Crippen molar-refractivity contribution >= 4 is 17.4 Å². The maximum Gasteiger partial charge on any atom is 0.337 e. The second-order valence-electron chi connectivity index (χ2n) is 4.57. The smallest absolute Gasteiger partial charge is 0.337 e. The highest BCUT2D eigenvalue weighted by atomic mass is 16.5. The van der Waals surface area contributed by atoms with E-state index in [2.05, 4.69) is 21.3 Å². The summed E-state index contributed by atoms with van der Waals surface area (Å²) in [6, 6.07) is 16.2. The second kappa shape index (κ2) is 7.04. The summed E-state index contributed by atoms with van der Waals surface area (Å²) < 4.78 is 4.68. The summed E-state index contributed by atoms with van der Waals surface area (Å²) in [4.78, 5) is 11.5. The van der Waals surface area contributed by atoms with E-state index in [4.69, 9.17) is 5.26 Å². The molecule has 1 N–H and O–H groups in total. The Morgan fingerprint density at radius 2 is 1.91 bits per heavy atom. The summed E-state index contributed by atoms with van der Waals surface area (Å²) in [6.45, 7) is 1.84. The van der Waals surface area contributed by atoms with E-state index >= 15 is 0 Å². The van der Waals surface area contributed by atoms with Crippen molar-refractivity contribution in [3.8, 4) is 6.07 Å². The van der Waals surface area contributed by atoms with Crippen LogP contribution in [-0.4, -0.2) is 18.8 Å². The van der Waals surface area contributed by atoms with Crippen LogP contribution < -0.4 is 5.43 Å². The molecule has 0 aliphatic carbocycles. The number of benzene rings is 2. The van der Waals surface area contributed by atoms with Gasteiger partial charge in [0.15, 0.2) is 0 Å². The highest BCUT2D eigenvalue weighted by Gasteiger charge is 2.05. The summed E-state index contributed by atoms with van der Waals surface area (Å²) in [7, 11) is 1.34. The zero-order valence-electron chi connectivity index (χ0n) is 12.3. The van der Waals surface area contributed by atoms with Crippen molar-refractivity contribution in [1.29, 1.82) is 5.26 Å². The topological polar surface area (TPSA) is 74.5 Å². The molecule has 0 saturated heterocycles. The van der Waals surface area contributed by atoms with Crippen molar-refractivity contribution in [3.05, 3.63) is 65.2 Å². The van der Waals surface area contributed by atoms with Gasteiger partial charge < -0.3 is 4.74 Å². The van der Waals surface area contributed by atoms with Crippen LogP contribution in [0.2, 0.25) is 0 Å². The maximum atomic E-state index is 11.5. The minimum absolute atomic E-state index is 0.397. The van der Waals surface area contributed by atoms with Crippen molar-refractivity contribution < 1.29 is 9.53 Å². The number of hydrazone groups is 1. The zero-order chi connectivity index (χ0) is 15.9. The van der Waals surface area contributed by atoms with E-state index in [0.29, 0.717) is 16.8 Å². The third-order valence-corrected chi connectivity index (χ3v) is 3.05. The Bertz CT molecular complexity index is 760. The van der Waals surface area contributed by atoms with Gasteiger partial charge in [0.1, 0.15) is 0 Å². The van der Waals surface area contributed by atoms with Crippen molar-refractivity contribution in [1.82, 2.24) is 0 Å². The molecule has 0 aromatic heterocycles.